The van der Waals surface area contributed by atoms with Gasteiger partial charge in [-0.1, -0.05) is 19.1 Å². The molecule has 0 spiro atoms. The minimum absolute atomic E-state index is 0.459. The summed E-state index contributed by atoms with van der Waals surface area (Å²) in [6, 6.07) is 5.57. The number of benzene rings is 1. The largest absolute Gasteiger partial charge is 0.493 e. The predicted octanol–water partition coefficient (Wildman–Crippen LogP) is 2.45. The van der Waals surface area contributed by atoms with Crippen LogP contribution in [0.25, 0.3) is 11.1 Å². The molecule has 1 aromatic heterocycles. The Morgan fingerprint density at radius 1 is 1.53 bits per heavy atom. The number of thiocarbonyl (C=S) groups is 1. The third kappa shape index (κ3) is 2.94. The number of rotatable bonds is 5. The number of aromatic nitrogens is 1. The fourth-order valence-corrected chi connectivity index (χ4v) is 1.55. The van der Waals surface area contributed by atoms with Crippen molar-refractivity contribution in [3.8, 4) is 5.75 Å². The summed E-state index contributed by atoms with van der Waals surface area (Å²) >= 11 is 4.78. The molecule has 0 atom stereocenters. The maximum absolute atomic E-state index is 5.52. The highest BCUT2D eigenvalue weighted by atomic mass is 32.1. The van der Waals surface area contributed by atoms with E-state index in [4.69, 9.17) is 27.1 Å². The van der Waals surface area contributed by atoms with Crippen molar-refractivity contribution in [2.24, 2.45) is 5.73 Å². The molecule has 1 aromatic carbocycles. The zero-order valence-corrected chi connectivity index (χ0v) is 10.4. The lowest BCUT2D eigenvalue weighted by Gasteiger charge is -2.04. The molecule has 2 N–H and O–H groups in total. The second-order valence-corrected chi connectivity index (χ2v) is 4.18. The smallest absolute Gasteiger partial charge is 0.195 e. The van der Waals surface area contributed by atoms with E-state index in [1.807, 2.05) is 25.1 Å². The SMILES string of the molecule is CCc1nc2cc(OCCC(N)=S)ccc2o1. The normalized spacial score (nSPS) is 10.6. The molecule has 17 heavy (non-hydrogen) atoms. The van der Waals surface area contributed by atoms with Gasteiger partial charge in [-0.2, -0.15) is 0 Å². The van der Waals surface area contributed by atoms with Crippen molar-refractivity contribution < 1.29 is 9.15 Å². The van der Waals surface area contributed by atoms with Gasteiger partial charge in [-0.15, -0.1) is 0 Å². The minimum atomic E-state index is 0.459. The van der Waals surface area contributed by atoms with E-state index in [1.54, 1.807) is 0 Å². The molecule has 0 bridgehead atoms. The third-order valence-electron chi connectivity index (χ3n) is 2.32. The van der Waals surface area contributed by atoms with Crippen LogP contribution in [0.5, 0.6) is 5.75 Å². The van der Waals surface area contributed by atoms with Gasteiger partial charge >= 0.3 is 0 Å². The Labute approximate surface area is 105 Å². The molecule has 0 unspecified atom stereocenters. The number of hydrogen-bond acceptors (Lipinski definition) is 4. The van der Waals surface area contributed by atoms with Crippen molar-refractivity contribution in [2.45, 2.75) is 19.8 Å². The molecule has 4 nitrogen and oxygen atoms in total. The van der Waals surface area contributed by atoms with Crippen molar-refractivity contribution in [2.75, 3.05) is 6.61 Å². The van der Waals surface area contributed by atoms with Crippen LogP contribution in [0.1, 0.15) is 19.2 Å². The molecule has 2 aromatic rings. The van der Waals surface area contributed by atoms with Crippen molar-refractivity contribution in [1.29, 1.82) is 0 Å². The first-order valence-electron chi connectivity index (χ1n) is 5.49. The summed E-state index contributed by atoms with van der Waals surface area (Å²) in [6.45, 7) is 2.49. The second kappa shape index (κ2) is 5.14. The number of ether oxygens (including phenoxy) is 1. The molecule has 0 saturated carbocycles. The van der Waals surface area contributed by atoms with Gasteiger partial charge in [0.05, 0.1) is 11.6 Å². The van der Waals surface area contributed by atoms with Crippen molar-refractivity contribution >= 4 is 28.3 Å². The Kier molecular flexibility index (Phi) is 3.58. The number of fused-ring (bicyclic) bond motifs is 1. The topological polar surface area (TPSA) is 61.3 Å². The van der Waals surface area contributed by atoms with E-state index in [9.17, 15) is 0 Å². The van der Waals surface area contributed by atoms with E-state index in [1.165, 1.54) is 0 Å². The first-order chi connectivity index (χ1) is 8.19. The van der Waals surface area contributed by atoms with Crippen LogP contribution in [0.4, 0.5) is 0 Å². The number of nitrogens with zero attached hydrogens (tertiary/aromatic N) is 1. The van der Waals surface area contributed by atoms with Crippen LogP contribution < -0.4 is 10.5 Å². The van der Waals surface area contributed by atoms with Crippen LogP contribution in [0.2, 0.25) is 0 Å². The van der Waals surface area contributed by atoms with Gasteiger partial charge in [0, 0.05) is 18.9 Å². The highest BCUT2D eigenvalue weighted by Gasteiger charge is 2.05. The Morgan fingerprint density at radius 3 is 3.06 bits per heavy atom. The van der Waals surface area contributed by atoms with Crippen LogP contribution in [0, 0.1) is 0 Å². The van der Waals surface area contributed by atoms with Gasteiger partial charge in [-0.05, 0) is 12.1 Å². The molecule has 90 valence electrons. The highest BCUT2D eigenvalue weighted by Crippen LogP contribution is 2.21. The predicted molar refractivity (Wildman–Crippen MR) is 70.3 cm³/mol. The second-order valence-electron chi connectivity index (χ2n) is 3.66. The molecule has 0 aliphatic carbocycles. The molecular weight excluding hydrogens is 236 g/mol. The molecule has 2 rings (SSSR count). The van der Waals surface area contributed by atoms with E-state index in [2.05, 4.69) is 4.98 Å². The van der Waals surface area contributed by atoms with E-state index < -0.39 is 0 Å². The summed E-state index contributed by atoms with van der Waals surface area (Å²) in [4.78, 5) is 4.80. The zero-order chi connectivity index (χ0) is 12.3. The van der Waals surface area contributed by atoms with Gasteiger partial charge in [0.2, 0.25) is 0 Å². The molecule has 0 fully saturated rings. The number of oxazole rings is 1. The summed E-state index contributed by atoms with van der Waals surface area (Å²) in [7, 11) is 0. The molecule has 0 saturated heterocycles. The highest BCUT2D eigenvalue weighted by molar-refractivity contribution is 7.80. The standard InChI is InChI=1S/C12H14N2O2S/c1-2-12-14-9-7-8(3-4-10(9)16-12)15-6-5-11(13)17/h3-4,7H,2,5-6H2,1H3,(H2,13,17). The van der Waals surface area contributed by atoms with Crippen LogP contribution in [-0.4, -0.2) is 16.6 Å². The van der Waals surface area contributed by atoms with Crippen molar-refractivity contribution in [1.82, 2.24) is 4.98 Å². The van der Waals surface area contributed by atoms with Crippen LogP contribution in [0.3, 0.4) is 0 Å². The molecule has 0 radical (unpaired) electrons. The zero-order valence-electron chi connectivity index (χ0n) is 9.60. The third-order valence-corrected chi connectivity index (χ3v) is 2.53. The van der Waals surface area contributed by atoms with Gasteiger partial charge in [0.25, 0.3) is 0 Å². The summed E-state index contributed by atoms with van der Waals surface area (Å²) in [6.07, 6.45) is 1.36. The van der Waals surface area contributed by atoms with Gasteiger partial charge in [-0.25, -0.2) is 4.98 Å². The molecule has 5 heteroatoms. The maximum Gasteiger partial charge on any atom is 0.195 e. The van der Waals surface area contributed by atoms with Crippen LogP contribution in [-0.2, 0) is 6.42 Å². The summed E-state index contributed by atoms with van der Waals surface area (Å²) in [5, 5.41) is 0. The Hall–Kier alpha value is -1.62. The number of nitrogens with two attached hydrogens (primary N) is 1. The first-order valence-corrected chi connectivity index (χ1v) is 5.90. The summed E-state index contributed by atoms with van der Waals surface area (Å²) in [5.41, 5.74) is 6.99. The van der Waals surface area contributed by atoms with Gasteiger partial charge < -0.3 is 14.9 Å². The Morgan fingerprint density at radius 2 is 2.35 bits per heavy atom. The average Bonchev–Trinajstić information content (AvgIpc) is 2.70. The van der Waals surface area contributed by atoms with Gasteiger partial charge in [-0.3, -0.25) is 0 Å². The van der Waals surface area contributed by atoms with E-state index >= 15 is 0 Å². The van der Waals surface area contributed by atoms with E-state index in [0.717, 1.165) is 29.2 Å². The van der Waals surface area contributed by atoms with E-state index in [0.29, 0.717) is 18.0 Å². The molecule has 0 aliphatic rings. The molecule has 0 aliphatic heterocycles. The molecular formula is C12H14N2O2S. The monoisotopic (exact) mass is 250 g/mol. The molecule has 1 heterocycles. The Bertz CT molecular complexity index is 536. The van der Waals surface area contributed by atoms with Crippen LogP contribution >= 0.6 is 12.2 Å². The lowest BCUT2D eigenvalue weighted by molar-refractivity contribution is 0.330. The van der Waals surface area contributed by atoms with Gasteiger partial charge in [0.15, 0.2) is 11.5 Å². The minimum Gasteiger partial charge on any atom is -0.493 e. The molecule has 0 amide bonds. The van der Waals surface area contributed by atoms with Crippen LogP contribution in [0.15, 0.2) is 22.6 Å². The lowest BCUT2D eigenvalue weighted by atomic mass is 10.3. The first kappa shape index (κ1) is 11.9. The Balaban J connectivity index is 2.11. The number of hydrogen-bond donors (Lipinski definition) is 1. The summed E-state index contributed by atoms with van der Waals surface area (Å²) < 4.78 is 11.0. The maximum atomic E-state index is 5.52. The fourth-order valence-electron chi connectivity index (χ4n) is 1.47. The van der Waals surface area contributed by atoms with Crippen molar-refractivity contribution in [3.05, 3.63) is 24.1 Å². The fraction of sp³-hybridized carbons (Fsp3) is 0.333. The quantitative estimate of drug-likeness (QED) is 0.826. The van der Waals surface area contributed by atoms with E-state index in [-0.39, 0.29) is 0 Å². The number of aryl methyl sites for hydroxylation is 1. The summed E-state index contributed by atoms with van der Waals surface area (Å²) in [5.74, 6) is 1.49. The van der Waals surface area contributed by atoms with Crippen molar-refractivity contribution in [3.63, 3.8) is 0 Å². The van der Waals surface area contributed by atoms with Gasteiger partial charge in [0.1, 0.15) is 11.3 Å². The average molecular weight is 250 g/mol. The lowest BCUT2D eigenvalue weighted by Crippen LogP contribution is -2.12.